The third-order valence-electron chi connectivity index (χ3n) is 4.64. The molecule has 1 atom stereocenters. The highest BCUT2D eigenvalue weighted by molar-refractivity contribution is 5.78. The lowest BCUT2D eigenvalue weighted by atomic mass is 10.0. The fourth-order valence-corrected chi connectivity index (χ4v) is 3.15. The number of piperazine rings is 1. The Morgan fingerprint density at radius 1 is 1.38 bits per heavy atom. The van der Waals surface area contributed by atoms with Gasteiger partial charge >= 0.3 is 0 Å². The van der Waals surface area contributed by atoms with Gasteiger partial charge in [0.25, 0.3) is 0 Å². The Morgan fingerprint density at radius 3 is 2.54 bits per heavy atom. The molecule has 6 nitrogen and oxygen atoms in total. The van der Waals surface area contributed by atoms with Crippen molar-refractivity contribution in [2.45, 2.75) is 33.4 Å². The molecule has 1 aliphatic heterocycles. The zero-order valence-electron chi connectivity index (χ0n) is 15.2. The average Bonchev–Trinajstić information content (AvgIpc) is 2.93. The molecule has 6 heteroatoms. The van der Waals surface area contributed by atoms with Crippen LogP contribution in [0.15, 0.2) is 16.7 Å². The number of nitriles is 1. The van der Waals surface area contributed by atoms with E-state index in [0.29, 0.717) is 32.1 Å². The van der Waals surface area contributed by atoms with Crippen molar-refractivity contribution in [1.29, 1.82) is 5.26 Å². The van der Waals surface area contributed by atoms with Gasteiger partial charge in [0.1, 0.15) is 11.8 Å². The molecule has 1 amide bonds. The number of nitrogens with zero attached hydrogens (tertiary/aromatic N) is 4. The summed E-state index contributed by atoms with van der Waals surface area (Å²) in [4.78, 5) is 18.6. The normalized spacial score (nSPS) is 17.3. The number of furan rings is 1. The van der Waals surface area contributed by atoms with Gasteiger partial charge in [0.2, 0.25) is 5.91 Å². The summed E-state index contributed by atoms with van der Waals surface area (Å²) in [6.07, 6.45) is 1.68. The second-order valence-corrected chi connectivity index (χ2v) is 6.91. The molecule has 0 unspecified atom stereocenters. The van der Waals surface area contributed by atoms with Gasteiger partial charge in [-0.25, -0.2) is 0 Å². The molecular formula is C18H28N4O2. The van der Waals surface area contributed by atoms with Crippen molar-refractivity contribution in [1.82, 2.24) is 14.7 Å². The Labute approximate surface area is 144 Å². The van der Waals surface area contributed by atoms with E-state index in [4.69, 9.17) is 4.42 Å². The van der Waals surface area contributed by atoms with Crippen LogP contribution in [-0.2, 0) is 11.3 Å². The second kappa shape index (κ2) is 8.32. The topological polar surface area (TPSA) is 63.7 Å². The van der Waals surface area contributed by atoms with Crippen LogP contribution in [0.3, 0.4) is 0 Å². The number of amides is 1. The van der Waals surface area contributed by atoms with E-state index in [9.17, 15) is 10.1 Å². The highest BCUT2D eigenvalue weighted by Gasteiger charge is 2.27. The molecule has 2 heterocycles. The summed E-state index contributed by atoms with van der Waals surface area (Å²) in [5, 5.41) is 9.30. The molecule has 0 spiro atoms. The number of hydrogen-bond donors (Lipinski definition) is 0. The second-order valence-electron chi connectivity index (χ2n) is 6.91. The SMILES string of the molecule is Cc1occc1CN(C)CC(=O)N1CCN([C@@H](C#N)C(C)C)CC1. The molecule has 0 saturated carbocycles. The predicted octanol–water partition coefficient (Wildman–Crippen LogP) is 1.71. The van der Waals surface area contributed by atoms with Gasteiger partial charge < -0.3 is 9.32 Å². The van der Waals surface area contributed by atoms with E-state index in [2.05, 4.69) is 24.8 Å². The lowest BCUT2D eigenvalue weighted by molar-refractivity contribution is -0.134. The van der Waals surface area contributed by atoms with Gasteiger partial charge in [-0.05, 0) is 26.0 Å². The Morgan fingerprint density at radius 2 is 2.04 bits per heavy atom. The predicted molar refractivity (Wildman–Crippen MR) is 92.2 cm³/mol. The largest absolute Gasteiger partial charge is 0.469 e. The van der Waals surface area contributed by atoms with Crippen LogP contribution in [0.2, 0.25) is 0 Å². The summed E-state index contributed by atoms with van der Waals surface area (Å²) < 4.78 is 5.30. The van der Waals surface area contributed by atoms with Crippen LogP contribution in [0.1, 0.15) is 25.2 Å². The minimum atomic E-state index is -0.0611. The summed E-state index contributed by atoms with van der Waals surface area (Å²) in [6.45, 7) is 10.1. The van der Waals surface area contributed by atoms with Crippen molar-refractivity contribution < 1.29 is 9.21 Å². The van der Waals surface area contributed by atoms with E-state index in [-0.39, 0.29) is 11.9 Å². The Hall–Kier alpha value is -1.84. The molecular weight excluding hydrogens is 304 g/mol. The molecule has 1 aliphatic rings. The first-order chi connectivity index (χ1) is 11.4. The average molecular weight is 332 g/mol. The van der Waals surface area contributed by atoms with Crippen LogP contribution in [-0.4, -0.2) is 66.4 Å². The van der Waals surface area contributed by atoms with Gasteiger partial charge in [0, 0.05) is 38.3 Å². The minimum Gasteiger partial charge on any atom is -0.469 e. The first-order valence-electron chi connectivity index (χ1n) is 8.55. The Kier molecular flexibility index (Phi) is 6.41. The summed E-state index contributed by atoms with van der Waals surface area (Å²) in [7, 11) is 1.95. The van der Waals surface area contributed by atoms with E-state index in [1.807, 2.05) is 29.8 Å². The van der Waals surface area contributed by atoms with Gasteiger partial charge in [-0.3, -0.25) is 14.6 Å². The van der Waals surface area contributed by atoms with E-state index < -0.39 is 0 Å². The highest BCUT2D eigenvalue weighted by Crippen LogP contribution is 2.14. The molecule has 1 aromatic rings. The molecule has 0 aliphatic carbocycles. The van der Waals surface area contributed by atoms with Crippen molar-refractivity contribution in [2.24, 2.45) is 5.92 Å². The van der Waals surface area contributed by atoms with Crippen molar-refractivity contribution in [3.63, 3.8) is 0 Å². The fourth-order valence-electron chi connectivity index (χ4n) is 3.15. The monoisotopic (exact) mass is 332 g/mol. The number of hydrogen-bond acceptors (Lipinski definition) is 5. The van der Waals surface area contributed by atoms with Crippen molar-refractivity contribution in [3.8, 4) is 6.07 Å². The van der Waals surface area contributed by atoms with E-state index >= 15 is 0 Å². The van der Waals surface area contributed by atoms with Crippen LogP contribution in [0.4, 0.5) is 0 Å². The van der Waals surface area contributed by atoms with Crippen LogP contribution in [0, 0.1) is 24.2 Å². The quantitative estimate of drug-likeness (QED) is 0.793. The Bertz CT molecular complexity index is 582. The molecule has 0 radical (unpaired) electrons. The molecule has 1 fully saturated rings. The molecule has 132 valence electrons. The number of carbonyl (C=O) groups excluding carboxylic acids is 1. The number of likely N-dealkylation sites (N-methyl/N-ethyl adjacent to an activating group) is 1. The van der Waals surface area contributed by atoms with Crippen molar-refractivity contribution in [2.75, 3.05) is 39.8 Å². The summed E-state index contributed by atoms with van der Waals surface area (Å²) in [6, 6.07) is 4.27. The number of rotatable bonds is 6. The maximum Gasteiger partial charge on any atom is 0.236 e. The first kappa shape index (κ1) is 18.5. The number of aryl methyl sites for hydroxylation is 1. The highest BCUT2D eigenvalue weighted by atomic mass is 16.3. The summed E-state index contributed by atoms with van der Waals surface area (Å²) in [5.41, 5.74) is 1.11. The van der Waals surface area contributed by atoms with E-state index in [1.165, 1.54) is 0 Å². The van der Waals surface area contributed by atoms with Crippen LogP contribution in [0.5, 0.6) is 0 Å². The molecule has 24 heavy (non-hydrogen) atoms. The smallest absolute Gasteiger partial charge is 0.236 e. The summed E-state index contributed by atoms with van der Waals surface area (Å²) >= 11 is 0. The molecule has 0 N–H and O–H groups in total. The van der Waals surface area contributed by atoms with Crippen LogP contribution >= 0.6 is 0 Å². The third-order valence-corrected chi connectivity index (χ3v) is 4.64. The van der Waals surface area contributed by atoms with Crippen molar-refractivity contribution >= 4 is 5.91 Å². The van der Waals surface area contributed by atoms with Gasteiger partial charge in [-0.1, -0.05) is 13.8 Å². The maximum atomic E-state index is 12.5. The molecule has 2 rings (SSSR count). The first-order valence-corrected chi connectivity index (χ1v) is 8.55. The van der Waals surface area contributed by atoms with Gasteiger partial charge in [0.05, 0.1) is 18.9 Å². The van der Waals surface area contributed by atoms with Gasteiger partial charge in [-0.15, -0.1) is 0 Å². The summed E-state index contributed by atoms with van der Waals surface area (Å²) in [5.74, 6) is 1.36. The van der Waals surface area contributed by atoms with Gasteiger partial charge in [-0.2, -0.15) is 5.26 Å². The van der Waals surface area contributed by atoms with Crippen LogP contribution < -0.4 is 0 Å². The number of carbonyl (C=O) groups is 1. The van der Waals surface area contributed by atoms with E-state index in [0.717, 1.165) is 24.4 Å². The van der Waals surface area contributed by atoms with Crippen molar-refractivity contribution in [3.05, 3.63) is 23.7 Å². The third kappa shape index (κ3) is 4.59. The standard InChI is InChI=1S/C18H28N4O2/c1-14(2)17(11-19)21-6-8-22(9-7-21)18(23)13-20(4)12-16-5-10-24-15(16)3/h5,10,14,17H,6-9,12-13H2,1-4H3/t17-/m0/s1. The Balaban J connectivity index is 1.80. The molecule has 0 bridgehead atoms. The zero-order chi connectivity index (χ0) is 17.7. The molecule has 0 aromatic carbocycles. The molecule has 1 aromatic heterocycles. The van der Waals surface area contributed by atoms with E-state index in [1.54, 1.807) is 6.26 Å². The minimum absolute atomic E-state index is 0.0611. The lowest BCUT2D eigenvalue weighted by Crippen LogP contribution is -2.54. The van der Waals surface area contributed by atoms with Gasteiger partial charge in [0.15, 0.2) is 0 Å². The van der Waals surface area contributed by atoms with Crippen LogP contribution in [0.25, 0.3) is 0 Å². The zero-order valence-corrected chi connectivity index (χ0v) is 15.2. The maximum absolute atomic E-state index is 12.5. The fraction of sp³-hybridized carbons (Fsp3) is 0.667. The molecule has 1 saturated heterocycles. The lowest BCUT2D eigenvalue weighted by Gasteiger charge is -2.38.